The van der Waals surface area contributed by atoms with Crippen molar-refractivity contribution in [1.82, 2.24) is 0 Å². The van der Waals surface area contributed by atoms with Gasteiger partial charge in [-0.05, 0) is 32.1 Å². The van der Waals surface area contributed by atoms with E-state index < -0.39 is 6.16 Å². The number of phenolic OH excluding ortho intramolecular Hbond substituents is 1. The first kappa shape index (κ1) is 26.7. The Morgan fingerprint density at radius 2 is 1.19 bits per heavy atom. The van der Waals surface area contributed by atoms with Crippen LogP contribution in [0.2, 0.25) is 0 Å². The summed E-state index contributed by atoms with van der Waals surface area (Å²) < 4.78 is 22.7. The molecule has 178 valence electrons. The van der Waals surface area contributed by atoms with Gasteiger partial charge in [0, 0.05) is 5.56 Å². The predicted octanol–water partition coefficient (Wildman–Crippen LogP) is 6.72. The van der Waals surface area contributed by atoms with Crippen molar-refractivity contribution < 1.29 is 34.0 Å². The summed E-state index contributed by atoms with van der Waals surface area (Å²) in [7, 11) is 0. The van der Waals surface area contributed by atoms with Crippen LogP contribution in [-0.2, 0) is 6.42 Å². The normalized spacial score (nSPS) is 10.7. The lowest BCUT2D eigenvalue weighted by Crippen LogP contribution is -2.12. The molecule has 0 saturated carbocycles. The lowest BCUT2D eigenvalue weighted by Gasteiger charge is -2.23. The predicted molar refractivity (Wildman–Crippen MR) is 121 cm³/mol. The van der Waals surface area contributed by atoms with E-state index in [-0.39, 0.29) is 17.2 Å². The monoisotopic (exact) mass is 440 g/mol. The van der Waals surface area contributed by atoms with Gasteiger partial charge in [-0.1, -0.05) is 59.8 Å². The Morgan fingerprint density at radius 1 is 0.677 bits per heavy atom. The Bertz CT molecular complexity index is 658. The molecule has 0 fully saturated rings. The van der Waals surface area contributed by atoms with Gasteiger partial charge in [-0.15, -0.1) is 0 Å². The number of rotatable bonds is 17. The van der Waals surface area contributed by atoms with E-state index in [9.17, 15) is 15.0 Å². The Balaban J connectivity index is 3.42. The van der Waals surface area contributed by atoms with Crippen molar-refractivity contribution in [3.05, 3.63) is 5.56 Å². The number of aromatic hydroxyl groups is 1. The van der Waals surface area contributed by atoms with Gasteiger partial charge >= 0.3 is 6.16 Å². The minimum Gasteiger partial charge on any atom is -0.502 e. The van der Waals surface area contributed by atoms with E-state index in [1.165, 1.54) is 19.3 Å². The van der Waals surface area contributed by atoms with Crippen LogP contribution in [0.1, 0.15) is 91.0 Å². The molecule has 0 unspecified atom stereocenters. The minimum absolute atomic E-state index is 0.0735. The number of ether oxygens (including phenoxy) is 4. The molecule has 2 N–H and O–H groups in total. The third-order valence-corrected chi connectivity index (χ3v) is 4.71. The third-order valence-electron chi connectivity index (χ3n) is 4.71. The fourth-order valence-electron chi connectivity index (χ4n) is 3.23. The first-order chi connectivity index (χ1) is 15.0. The molecule has 1 aromatic rings. The quantitative estimate of drug-likeness (QED) is 0.158. The summed E-state index contributed by atoms with van der Waals surface area (Å²) >= 11 is 0. The van der Waals surface area contributed by atoms with E-state index in [2.05, 4.69) is 6.92 Å². The molecule has 0 aliphatic heterocycles. The molecule has 31 heavy (non-hydrogen) atoms. The molecule has 0 radical (unpaired) electrons. The molecular formula is C24H40O7. The van der Waals surface area contributed by atoms with Crippen molar-refractivity contribution in [3.8, 4) is 28.7 Å². The number of benzene rings is 1. The summed E-state index contributed by atoms with van der Waals surface area (Å²) in [6, 6.07) is 0. The molecule has 1 aromatic carbocycles. The number of hydrogen-bond acceptors (Lipinski definition) is 6. The Labute approximate surface area is 186 Å². The smallest absolute Gasteiger partial charge is 0.502 e. The van der Waals surface area contributed by atoms with Crippen LogP contribution < -0.4 is 18.9 Å². The average molecular weight is 441 g/mol. The van der Waals surface area contributed by atoms with Gasteiger partial charge in [0.05, 0.1) is 19.8 Å². The van der Waals surface area contributed by atoms with E-state index >= 15 is 0 Å². The molecule has 7 nitrogen and oxygen atoms in total. The lowest BCUT2D eigenvalue weighted by atomic mass is 10.0. The van der Waals surface area contributed by atoms with E-state index in [0.717, 1.165) is 32.1 Å². The van der Waals surface area contributed by atoms with Crippen LogP contribution in [0, 0.1) is 0 Å². The van der Waals surface area contributed by atoms with Crippen molar-refractivity contribution in [2.45, 2.75) is 91.9 Å². The highest BCUT2D eigenvalue weighted by atomic mass is 16.7. The first-order valence-corrected chi connectivity index (χ1v) is 11.7. The lowest BCUT2D eigenvalue weighted by molar-refractivity contribution is 0.141. The topological polar surface area (TPSA) is 94.5 Å². The molecule has 0 saturated heterocycles. The van der Waals surface area contributed by atoms with Crippen molar-refractivity contribution in [2.75, 3.05) is 19.8 Å². The highest BCUT2D eigenvalue weighted by molar-refractivity contribution is 5.73. The Hall–Kier alpha value is -2.31. The standard InChI is InChI=1S/C24H40O7/c1-5-9-10-11-12-13-14-18-20(31-24(26)27)19(25)22(29-16-7-3)23(30-17-8-4)21(18)28-15-6-2/h25H,5-17H2,1-4H3,(H,26,27). The molecule has 0 aliphatic carbocycles. The van der Waals surface area contributed by atoms with Crippen LogP contribution >= 0.6 is 0 Å². The minimum atomic E-state index is -1.50. The fourth-order valence-corrected chi connectivity index (χ4v) is 3.23. The second-order valence-electron chi connectivity index (χ2n) is 7.57. The second kappa shape index (κ2) is 15.5. The number of carbonyl (C=O) groups is 1. The molecule has 0 spiro atoms. The van der Waals surface area contributed by atoms with Crippen molar-refractivity contribution in [1.29, 1.82) is 0 Å². The van der Waals surface area contributed by atoms with Gasteiger partial charge in [0.2, 0.25) is 17.2 Å². The van der Waals surface area contributed by atoms with Crippen LogP contribution in [0.15, 0.2) is 0 Å². The molecular weight excluding hydrogens is 400 g/mol. The second-order valence-corrected chi connectivity index (χ2v) is 7.57. The van der Waals surface area contributed by atoms with Crippen LogP contribution in [0.5, 0.6) is 28.7 Å². The molecule has 0 aliphatic rings. The van der Waals surface area contributed by atoms with Gasteiger partial charge in [0.1, 0.15) is 0 Å². The van der Waals surface area contributed by atoms with E-state index in [1.54, 1.807) is 0 Å². The van der Waals surface area contributed by atoms with Crippen LogP contribution in [0.4, 0.5) is 4.79 Å². The summed E-state index contributed by atoms with van der Waals surface area (Å²) in [5, 5.41) is 20.2. The molecule has 0 amide bonds. The zero-order valence-electron chi connectivity index (χ0n) is 19.6. The zero-order chi connectivity index (χ0) is 23.1. The van der Waals surface area contributed by atoms with Gasteiger partial charge in [0.25, 0.3) is 0 Å². The van der Waals surface area contributed by atoms with Crippen LogP contribution in [0.25, 0.3) is 0 Å². The van der Waals surface area contributed by atoms with Gasteiger partial charge in [-0.25, -0.2) is 4.79 Å². The number of phenols is 1. The molecule has 0 atom stereocenters. The summed E-state index contributed by atoms with van der Waals surface area (Å²) in [5.74, 6) is 0.322. The van der Waals surface area contributed by atoms with Crippen LogP contribution in [0.3, 0.4) is 0 Å². The van der Waals surface area contributed by atoms with Gasteiger partial charge in [0.15, 0.2) is 11.5 Å². The highest BCUT2D eigenvalue weighted by Crippen LogP contribution is 2.54. The molecule has 7 heteroatoms. The first-order valence-electron chi connectivity index (χ1n) is 11.7. The maximum atomic E-state index is 11.4. The molecule has 1 rings (SSSR count). The SMILES string of the molecule is CCCCCCCCc1c(OC(=O)O)c(O)c(OCCC)c(OCCC)c1OCCC. The van der Waals surface area contributed by atoms with Gasteiger partial charge in [-0.3, -0.25) is 0 Å². The summed E-state index contributed by atoms with van der Waals surface area (Å²) in [5.41, 5.74) is 0.513. The van der Waals surface area contributed by atoms with E-state index in [4.69, 9.17) is 18.9 Å². The summed E-state index contributed by atoms with van der Waals surface area (Å²) in [4.78, 5) is 11.4. The van der Waals surface area contributed by atoms with E-state index in [1.807, 2.05) is 20.8 Å². The summed E-state index contributed by atoms with van der Waals surface area (Å²) in [6.45, 7) is 9.28. The molecule has 0 bridgehead atoms. The number of hydrogen-bond donors (Lipinski definition) is 2. The van der Waals surface area contributed by atoms with Crippen molar-refractivity contribution in [2.24, 2.45) is 0 Å². The van der Waals surface area contributed by atoms with Crippen LogP contribution in [-0.4, -0.2) is 36.2 Å². The highest BCUT2D eigenvalue weighted by Gasteiger charge is 2.30. The third kappa shape index (κ3) is 8.75. The average Bonchev–Trinajstić information content (AvgIpc) is 2.75. The Morgan fingerprint density at radius 3 is 1.74 bits per heavy atom. The molecule has 0 aromatic heterocycles. The maximum absolute atomic E-state index is 11.4. The largest absolute Gasteiger partial charge is 0.511 e. The molecule has 0 heterocycles. The van der Waals surface area contributed by atoms with Crippen molar-refractivity contribution in [3.63, 3.8) is 0 Å². The van der Waals surface area contributed by atoms with Gasteiger partial charge in [-0.2, -0.15) is 0 Å². The number of carboxylic acid groups (broad SMARTS) is 1. The van der Waals surface area contributed by atoms with E-state index in [0.29, 0.717) is 49.7 Å². The summed E-state index contributed by atoms with van der Waals surface area (Å²) in [6.07, 6.45) is 7.75. The van der Waals surface area contributed by atoms with Crippen molar-refractivity contribution >= 4 is 6.16 Å². The number of unbranched alkanes of at least 4 members (excludes halogenated alkanes) is 5. The van der Waals surface area contributed by atoms with Gasteiger partial charge < -0.3 is 29.2 Å². The maximum Gasteiger partial charge on any atom is 0.511 e. The zero-order valence-corrected chi connectivity index (χ0v) is 19.6. The Kier molecular flexibility index (Phi) is 13.3. The fraction of sp³-hybridized carbons (Fsp3) is 0.708.